The molecule has 0 unspecified atom stereocenters. The van der Waals surface area contributed by atoms with E-state index in [0.29, 0.717) is 5.75 Å². The van der Waals surface area contributed by atoms with Gasteiger partial charge in [0.15, 0.2) is 0 Å². The Morgan fingerprint density at radius 1 is 0.963 bits per heavy atom. The van der Waals surface area contributed by atoms with Crippen LogP contribution in [0.5, 0.6) is 17.2 Å². The summed E-state index contributed by atoms with van der Waals surface area (Å²) in [4.78, 5) is 11.8. The van der Waals surface area contributed by atoms with E-state index >= 15 is 0 Å². The van der Waals surface area contributed by atoms with E-state index in [4.69, 9.17) is 9.47 Å². The molecule has 136 valence electrons. The smallest absolute Gasteiger partial charge is 0.335 e. The van der Waals surface area contributed by atoms with Crippen LogP contribution in [0.2, 0.25) is 0 Å². The fourth-order valence-electron chi connectivity index (χ4n) is 2.87. The van der Waals surface area contributed by atoms with Gasteiger partial charge in [-0.05, 0) is 65.6 Å². The number of aromatic hydroxyl groups is 1. The summed E-state index contributed by atoms with van der Waals surface area (Å²) in [6.45, 7) is 5.47. The number of methoxy groups -OCH3 is 1. The van der Waals surface area contributed by atoms with Crippen LogP contribution in [-0.2, 0) is 4.79 Å². The first-order valence-electron chi connectivity index (χ1n) is 8.44. The first kappa shape index (κ1) is 18.3. The Morgan fingerprint density at radius 2 is 1.56 bits per heavy atom. The van der Waals surface area contributed by atoms with Gasteiger partial charge in [-0.25, -0.2) is 4.79 Å². The molecule has 0 heterocycles. The van der Waals surface area contributed by atoms with Gasteiger partial charge in [0, 0.05) is 11.6 Å². The quantitative estimate of drug-likeness (QED) is 0.389. The summed E-state index contributed by atoms with van der Waals surface area (Å²) >= 11 is 0. The SMILES string of the molecule is C=CC(=O)Oc1cc(-c2ccc(O)cc2)c(C)cc1-c1ccc(OC)cc1. The summed E-state index contributed by atoms with van der Waals surface area (Å²) in [6, 6.07) is 18.3. The van der Waals surface area contributed by atoms with Gasteiger partial charge in [0.2, 0.25) is 0 Å². The lowest BCUT2D eigenvalue weighted by atomic mass is 9.94. The van der Waals surface area contributed by atoms with Gasteiger partial charge in [-0.15, -0.1) is 0 Å². The van der Waals surface area contributed by atoms with Gasteiger partial charge >= 0.3 is 5.97 Å². The molecule has 3 rings (SSSR count). The zero-order valence-corrected chi connectivity index (χ0v) is 15.2. The lowest BCUT2D eigenvalue weighted by Gasteiger charge is -2.15. The van der Waals surface area contributed by atoms with Gasteiger partial charge < -0.3 is 14.6 Å². The van der Waals surface area contributed by atoms with E-state index in [1.54, 1.807) is 19.2 Å². The highest BCUT2D eigenvalue weighted by Gasteiger charge is 2.14. The maximum atomic E-state index is 11.8. The number of phenols is 1. The monoisotopic (exact) mass is 360 g/mol. The predicted octanol–water partition coefficient (Wildman–Crippen LogP) is 5.13. The van der Waals surface area contributed by atoms with E-state index in [9.17, 15) is 9.90 Å². The minimum absolute atomic E-state index is 0.199. The van der Waals surface area contributed by atoms with E-state index in [-0.39, 0.29) is 5.75 Å². The number of carbonyl (C=O) groups is 1. The molecule has 4 heteroatoms. The zero-order chi connectivity index (χ0) is 19.4. The molecule has 0 saturated heterocycles. The third-order valence-electron chi connectivity index (χ3n) is 4.28. The molecule has 0 aliphatic rings. The summed E-state index contributed by atoms with van der Waals surface area (Å²) in [5.74, 6) is 0.870. The molecule has 0 aliphatic carbocycles. The molecule has 0 aliphatic heterocycles. The van der Waals surface area contributed by atoms with Crippen molar-refractivity contribution in [1.29, 1.82) is 0 Å². The molecule has 0 aromatic heterocycles. The molecule has 0 spiro atoms. The summed E-state index contributed by atoms with van der Waals surface area (Å²) in [7, 11) is 1.61. The van der Waals surface area contributed by atoms with Crippen molar-refractivity contribution in [2.75, 3.05) is 7.11 Å². The fourth-order valence-corrected chi connectivity index (χ4v) is 2.87. The van der Waals surface area contributed by atoms with Gasteiger partial charge in [-0.2, -0.15) is 0 Å². The number of hydrogen-bond donors (Lipinski definition) is 1. The van der Waals surface area contributed by atoms with Gasteiger partial charge in [0.05, 0.1) is 7.11 Å². The van der Waals surface area contributed by atoms with Crippen LogP contribution < -0.4 is 9.47 Å². The van der Waals surface area contributed by atoms with Gasteiger partial charge in [-0.1, -0.05) is 30.8 Å². The van der Waals surface area contributed by atoms with Gasteiger partial charge in [0.25, 0.3) is 0 Å². The van der Waals surface area contributed by atoms with Crippen molar-refractivity contribution >= 4 is 5.97 Å². The van der Waals surface area contributed by atoms with Crippen LogP contribution in [0.15, 0.2) is 73.3 Å². The van der Waals surface area contributed by atoms with Crippen molar-refractivity contribution in [1.82, 2.24) is 0 Å². The zero-order valence-electron chi connectivity index (χ0n) is 15.2. The molecule has 27 heavy (non-hydrogen) atoms. The average molecular weight is 360 g/mol. The van der Waals surface area contributed by atoms with Crippen molar-refractivity contribution in [3.63, 3.8) is 0 Å². The van der Waals surface area contributed by atoms with E-state index < -0.39 is 5.97 Å². The maximum absolute atomic E-state index is 11.8. The molecule has 0 atom stereocenters. The van der Waals surface area contributed by atoms with Gasteiger partial charge in [0.1, 0.15) is 17.2 Å². The Labute approximate surface area is 158 Å². The van der Waals surface area contributed by atoms with Gasteiger partial charge in [-0.3, -0.25) is 0 Å². The number of rotatable bonds is 5. The minimum atomic E-state index is -0.523. The van der Waals surface area contributed by atoms with Crippen molar-refractivity contribution < 1.29 is 19.4 Å². The molecular weight excluding hydrogens is 340 g/mol. The topological polar surface area (TPSA) is 55.8 Å². The highest BCUT2D eigenvalue weighted by molar-refractivity contribution is 5.87. The van der Waals surface area contributed by atoms with Crippen molar-refractivity contribution in [3.8, 4) is 39.5 Å². The van der Waals surface area contributed by atoms with Crippen LogP contribution in [0.1, 0.15) is 5.56 Å². The number of phenolic OH excluding ortho intramolecular Hbond substituents is 1. The molecule has 0 fully saturated rings. The number of esters is 1. The first-order chi connectivity index (χ1) is 13.0. The largest absolute Gasteiger partial charge is 0.508 e. The molecule has 0 radical (unpaired) electrons. The second kappa shape index (κ2) is 7.79. The summed E-state index contributed by atoms with van der Waals surface area (Å²) in [5.41, 5.74) is 4.56. The molecule has 3 aromatic rings. The van der Waals surface area contributed by atoms with Crippen LogP contribution in [0.25, 0.3) is 22.3 Å². The minimum Gasteiger partial charge on any atom is -0.508 e. The summed E-state index contributed by atoms with van der Waals surface area (Å²) < 4.78 is 10.7. The normalized spacial score (nSPS) is 10.3. The molecular formula is C23H20O4. The highest BCUT2D eigenvalue weighted by Crippen LogP contribution is 2.38. The van der Waals surface area contributed by atoms with E-state index in [1.807, 2.05) is 55.5 Å². The third kappa shape index (κ3) is 4.01. The van der Waals surface area contributed by atoms with Crippen LogP contribution in [-0.4, -0.2) is 18.2 Å². The van der Waals surface area contributed by atoms with E-state index in [2.05, 4.69) is 6.58 Å². The highest BCUT2D eigenvalue weighted by atomic mass is 16.5. The van der Waals surface area contributed by atoms with Crippen LogP contribution in [0.4, 0.5) is 0 Å². The van der Waals surface area contributed by atoms with Crippen LogP contribution in [0.3, 0.4) is 0 Å². The first-order valence-corrected chi connectivity index (χ1v) is 8.44. The number of carbonyl (C=O) groups excluding carboxylic acids is 1. The van der Waals surface area contributed by atoms with Crippen LogP contribution in [0, 0.1) is 6.92 Å². The lowest BCUT2D eigenvalue weighted by Crippen LogP contribution is -2.05. The fraction of sp³-hybridized carbons (Fsp3) is 0.0870. The van der Waals surface area contributed by atoms with E-state index in [1.165, 1.54) is 0 Å². The molecule has 0 amide bonds. The molecule has 4 nitrogen and oxygen atoms in total. The second-order valence-electron chi connectivity index (χ2n) is 6.06. The Morgan fingerprint density at radius 3 is 2.15 bits per heavy atom. The van der Waals surface area contributed by atoms with Crippen molar-refractivity contribution in [2.24, 2.45) is 0 Å². The van der Waals surface area contributed by atoms with Crippen molar-refractivity contribution in [3.05, 3.63) is 78.9 Å². The molecule has 0 bridgehead atoms. The lowest BCUT2D eigenvalue weighted by molar-refractivity contribution is -0.128. The summed E-state index contributed by atoms with van der Waals surface area (Å²) in [6.07, 6.45) is 1.14. The Kier molecular flexibility index (Phi) is 5.27. The third-order valence-corrected chi connectivity index (χ3v) is 4.28. The molecule has 1 N–H and O–H groups in total. The standard InChI is InChI=1S/C23H20O4/c1-4-23(25)27-22-14-20(16-5-9-18(24)10-6-16)15(2)13-21(22)17-7-11-19(26-3)12-8-17/h4-14,24H,1H2,2-3H3. The van der Waals surface area contributed by atoms with E-state index in [0.717, 1.165) is 39.6 Å². The Hall–Kier alpha value is -3.53. The summed E-state index contributed by atoms with van der Waals surface area (Å²) in [5, 5.41) is 9.52. The van der Waals surface area contributed by atoms with Crippen molar-refractivity contribution in [2.45, 2.75) is 6.92 Å². The second-order valence-corrected chi connectivity index (χ2v) is 6.06. The molecule has 0 saturated carbocycles. The maximum Gasteiger partial charge on any atom is 0.335 e. The van der Waals surface area contributed by atoms with Crippen LogP contribution >= 0.6 is 0 Å². The number of benzene rings is 3. The number of aryl methyl sites for hydroxylation is 1. The average Bonchev–Trinajstić information content (AvgIpc) is 2.69. The Bertz CT molecular complexity index is 971. The number of ether oxygens (including phenoxy) is 2. The predicted molar refractivity (Wildman–Crippen MR) is 106 cm³/mol. The Balaban J connectivity index is 2.13. The molecule has 3 aromatic carbocycles. The number of hydrogen-bond acceptors (Lipinski definition) is 4.